The molecule has 1 heterocycles. The second-order valence-electron chi connectivity index (χ2n) is 5.53. The molecule has 1 aromatic heterocycles. The molecule has 0 spiro atoms. The first-order chi connectivity index (χ1) is 11.4. The second kappa shape index (κ2) is 6.27. The van der Waals surface area contributed by atoms with E-state index in [-0.39, 0.29) is 11.4 Å². The quantitative estimate of drug-likeness (QED) is 0.677. The van der Waals surface area contributed by atoms with Gasteiger partial charge in [-0.15, -0.1) is 10.8 Å². The van der Waals surface area contributed by atoms with Crippen molar-refractivity contribution >= 4 is 31.6 Å². The zero-order valence-electron chi connectivity index (χ0n) is 13.4. The lowest BCUT2D eigenvalue weighted by Crippen LogP contribution is -2.16. The third-order valence-electron chi connectivity index (χ3n) is 3.60. The van der Waals surface area contributed by atoms with Crippen LogP contribution in [-0.4, -0.2) is 13.0 Å². The van der Waals surface area contributed by atoms with Gasteiger partial charge in [0.05, 0.1) is 21.7 Å². The molecule has 2 aromatic carbocycles. The van der Waals surface area contributed by atoms with Crippen molar-refractivity contribution in [3.05, 3.63) is 58.4 Å². The normalized spacial score (nSPS) is 12.5. The molecule has 0 radical (unpaired) electrons. The fourth-order valence-corrected chi connectivity index (χ4v) is 4.69. The molecule has 0 aliphatic heterocycles. The van der Waals surface area contributed by atoms with Crippen LogP contribution in [0.25, 0.3) is 10.2 Å². The molecule has 0 N–H and O–H groups in total. The predicted molar refractivity (Wildman–Crippen MR) is 97.3 cm³/mol. The lowest BCUT2D eigenvalue weighted by atomic mass is 10.2. The summed E-state index contributed by atoms with van der Waals surface area (Å²) in [5, 5.41) is 0. The van der Waals surface area contributed by atoms with Crippen LogP contribution >= 0.6 is 11.3 Å². The zero-order valence-corrected chi connectivity index (χ0v) is 15.0. The Balaban J connectivity index is 2.24. The monoisotopic (exact) mass is 356 g/mol. The summed E-state index contributed by atoms with van der Waals surface area (Å²) in [6, 6.07) is 12.6. The van der Waals surface area contributed by atoms with Gasteiger partial charge < -0.3 is 4.57 Å². The Morgan fingerprint density at radius 3 is 2.46 bits per heavy atom. The number of nitrogens with zero attached hydrogens (tertiary/aromatic N) is 2. The van der Waals surface area contributed by atoms with E-state index in [9.17, 15) is 8.42 Å². The highest BCUT2D eigenvalue weighted by Gasteiger charge is 2.14. The van der Waals surface area contributed by atoms with Crippen molar-refractivity contribution in [2.24, 2.45) is 4.40 Å². The van der Waals surface area contributed by atoms with E-state index < -0.39 is 10.0 Å². The number of sulfonamides is 1. The van der Waals surface area contributed by atoms with E-state index in [1.54, 1.807) is 28.8 Å². The summed E-state index contributed by atoms with van der Waals surface area (Å²) in [6.45, 7) is 4.17. The average Bonchev–Trinajstić information content (AvgIpc) is 2.84. The van der Waals surface area contributed by atoms with Gasteiger partial charge in [-0.1, -0.05) is 41.0 Å². The molecule has 6 heteroatoms. The average molecular weight is 356 g/mol. The van der Waals surface area contributed by atoms with Crippen LogP contribution in [0.3, 0.4) is 0 Å². The minimum Gasteiger partial charge on any atom is -0.304 e. The van der Waals surface area contributed by atoms with E-state index in [0.717, 1.165) is 21.3 Å². The molecule has 0 saturated heterocycles. The van der Waals surface area contributed by atoms with Gasteiger partial charge in [0.1, 0.15) is 0 Å². The molecule has 3 aromatic rings. The van der Waals surface area contributed by atoms with Gasteiger partial charge in [-0.3, -0.25) is 0 Å². The largest absolute Gasteiger partial charge is 0.304 e. The summed E-state index contributed by atoms with van der Waals surface area (Å²) < 4.78 is 31.9. The van der Waals surface area contributed by atoms with Gasteiger partial charge in [-0.05, 0) is 43.7 Å². The van der Waals surface area contributed by atoms with E-state index in [0.29, 0.717) is 4.80 Å². The maximum absolute atomic E-state index is 12.6. The lowest BCUT2D eigenvalue weighted by molar-refractivity contribution is 0.596. The molecule has 122 valence electrons. The highest BCUT2D eigenvalue weighted by Crippen LogP contribution is 2.20. The van der Waals surface area contributed by atoms with Gasteiger partial charge in [0, 0.05) is 0 Å². The Kier molecular flexibility index (Phi) is 4.31. The van der Waals surface area contributed by atoms with Crippen molar-refractivity contribution in [1.29, 1.82) is 0 Å². The highest BCUT2D eigenvalue weighted by molar-refractivity contribution is 7.90. The van der Waals surface area contributed by atoms with E-state index in [1.807, 2.05) is 32.0 Å². The molecule has 0 aliphatic rings. The van der Waals surface area contributed by atoms with Crippen LogP contribution in [-0.2, 0) is 16.6 Å². The van der Waals surface area contributed by atoms with Crippen LogP contribution in [0.15, 0.2) is 51.8 Å². The van der Waals surface area contributed by atoms with Crippen LogP contribution in [0.2, 0.25) is 0 Å². The number of benzene rings is 2. The Labute approximate surface area is 145 Å². The third-order valence-corrected chi connectivity index (χ3v) is 6.04. The Bertz CT molecular complexity index is 1110. The van der Waals surface area contributed by atoms with Gasteiger partial charge >= 0.3 is 0 Å². The topological polar surface area (TPSA) is 51.4 Å². The molecule has 0 saturated carbocycles. The van der Waals surface area contributed by atoms with E-state index in [1.165, 1.54) is 11.3 Å². The van der Waals surface area contributed by atoms with E-state index in [4.69, 9.17) is 6.42 Å². The van der Waals surface area contributed by atoms with Crippen LogP contribution in [0, 0.1) is 26.2 Å². The first kappa shape index (κ1) is 16.5. The van der Waals surface area contributed by atoms with Crippen molar-refractivity contribution < 1.29 is 8.42 Å². The minimum atomic E-state index is -3.78. The molecule has 0 amide bonds. The summed E-state index contributed by atoms with van der Waals surface area (Å²) in [5.41, 5.74) is 2.99. The Morgan fingerprint density at radius 1 is 1.12 bits per heavy atom. The van der Waals surface area contributed by atoms with Crippen molar-refractivity contribution in [1.82, 2.24) is 4.57 Å². The van der Waals surface area contributed by atoms with Gasteiger partial charge in [0.2, 0.25) is 4.80 Å². The molecule has 0 fully saturated rings. The van der Waals surface area contributed by atoms with E-state index in [2.05, 4.69) is 10.3 Å². The first-order valence-electron chi connectivity index (χ1n) is 7.32. The zero-order chi connectivity index (χ0) is 17.3. The molecule has 0 unspecified atom stereocenters. The summed E-state index contributed by atoms with van der Waals surface area (Å²) >= 11 is 1.32. The number of aryl methyl sites for hydroxylation is 2. The fraction of sp³-hybridized carbons (Fsp3) is 0.167. The molecule has 0 aliphatic carbocycles. The number of aromatic nitrogens is 1. The SMILES string of the molecule is C#CCn1c(=NS(=O)(=O)c2ccc(C)cc2)sc2cc(C)ccc21. The predicted octanol–water partition coefficient (Wildman–Crippen LogP) is 3.24. The summed E-state index contributed by atoms with van der Waals surface area (Å²) in [4.78, 5) is 0.558. The smallest absolute Gasteiger partial charge is 0.285 e. The summed E-state index contributed by atoms with van der Waals surface area (Å²) in [5.74, 6) is 2.57. The van der Waals surface area contributed by atoms with Crippen LogP contribution in [0.1, 0.15) is 11.1 Å². The van der Waals surface area contributed by atoms with Gasteiger partial charge in [-0.25, -0.2) is 0 Å². The molecule has 0 atom stereocenters. The highest BCUT2D eigenvalue weighted by atomic mass is 32.2. The van der Waals surface area contributed by atoms with Crippen LogP contribution in [0.5, 0.6) is 0 Å². The molecule has 0 bridgehead atoms. The number of hydrogen-bond donors (Lipinski definition) is 0. The minimum absolute atomic E-state index is 0.175. The van der Waals surface area contributed by atoms with Crippen molar-refractivity contribution in [2.75, 3.05) is 0 Å². The molecular formula is C18H16N2O2S2. The molecular weight excluding hydrogens is 340 g/mol. The van der Waals surface area contributed by atoms with Crippen molar-refractivity contribution in [2.45, 2.75) is 25.3 Å². The molecule has 4 nitrogen and oxygen atoms in total. The van der Waals surface area contributed by atoms with Gasteiger partial charge in [0.25, 0.3) is 10.0 Å². The second-order valence-corrected chi connectivity index (χ2v) is 8.14. The lowest BCUT2D eigenvalue weighted by Gasteiger charge is -2.01. The van der Waals surface area contributed by atoms with Gasteiger partial charge in [0.15, 0.2) is 0 Å². The van der Waals surface area contributed by atoms with E-state index >= 15 is 0 Å². The molecule has 3 rings (SSSR count). The number of hydrogen-bond acceptors (Lipinski definition) is 3. The van der Waals surface area contributed by atoms with Crippen molar-refractivity contribution in [3.63, 3.8) is 0 Å². The maximum atomic E-state index is 12.6. The Morgan fingerprint density at radius 2 is 1.79 bits per heavy atom. The Hall–Kier alpha value is -2.36. The number of terminal acetylenes is 1. The fourth-order valence-electron chi connectivity index (χ4n) is 2.36. The first-order valence-corrected chi connectivity index (χ1v) is 9.57. The number of thiazole rings is 1. The van der Waals surface area contributed by atoms with Crippen LogP contribution < -0.4 is 4.80 Å². The summed E-state index contributed by atoms with van der Waals surface area (Å²) in [7, 11) is -3.78. The maximum Gasteiger partial charge on any atom is 0.285 e. The van der Waals surface area contributed by atoms with Crippen LogP contribution in [0.4, 0.5) is 0 Å². The van der Waals surface area contributed by atoms with Gasteiger partial charge in [-0.2, -0.15) is 8.42 Å². The van der Waals surface area contributed by atoms with Crippen molar-refractivity contribution in [3.8, 4) is 12.3 Å². The summed E-state index contributed by atoms with van der Waals surface area (Å²) in [6.07, 6.45) is 5.44. The molecule has 24 heavy (non-hydrogen) atoms. The standard InChI is InChI=1S/C18H16N2O2S2/c1-4-11-20-16-10-7-14(3)12-17(16)23-18(20)19-24(21,22)15-8-5-13(2)6-9-15/h1,5-10,12H,11H2,2-3H3. The number of rotatable bonds is 3. The third kappa shape index (κ3) is 3.14. The number of fused-ring (bicyclic) bond motifs is 1.